The van der Waals surface area contributed by atoms with E-state index in [9.17, 15) is 18.3 Å². The zero-order chi connectivity index (χ0) is 14.3. The molecule has 0 fully saturated rings. The van der Waals surface area contributed by atoms with Gasteiger partial charge in [0.25, 0.3) is 0 Å². The number of nitrogens with two attached hydrogens (primary N) is 1. The zero-order valence-electron chi connectivity index (χ0n) is 10.1. The number of hydrogen-bond donors (Lipinski definition) is 2. The summed E-state index contributed by atoms with van der Waals surface area (Å²) in [7, 11) is 0. The molecule has 0 radical (unpaired) electrons. The molecular formula is C13H13F3N2O. The number of pyridine rings is 1. The van der Waals surface area contributed by atoms with E-state index >= 15 is 0 Å². The number of nitrogens with zero attached hydrogens (tertiary/aromatic N) is 1. The molecular weight excluding hydrogens is 257 g/mol. The van der Waals surface area contributed by atoms with Crippen LogP contribution in [-0.2, 0) is 5.60 Å². The minimum Gasteiger partial charge on any atom is -0.375 e. The third-order valence-electron chi connectivity index (χ3n) is 3.13. The van der Waals surface area contributed by atoms with Crippen molar-refractivity contribution in [2.75, 3.05) is 0 Å². The lowest BCUT2D eigenvalue weighted by Gasteiger charge is -2.34. The van der Waals surface area contributed by atoms with Crippen molar-refractivity contribution < 1.29 is 18.3 Å². The van der Waals surface area contributed by atoms with Gasteiger partial charge in [0.2, 0.25) is 5.60 Å². The molecule has 3 N–H and O–H groups in total. The van der Waals surface area contributed by atoms with Crippen molar-refractivity contribution in [3.05, 3.63) is 42.1 Å². The Balaban J connectivity index is 2.78. The molecule has 2 atom stereocenters. The van der Waals surface area contributed by atoms with Gasteiger partial charge in [-0.2, -0.15) is 13.2 Å². The summed E-state index contributed by atoms with van der Waals surface area (Å²) in [5, 5.41) is 10.6. The number of aromatic nitrogens is 1. The van der Waals surface area contributed by atoms with Crippen LogP contribution in [0, 0.1) is 0 Å². The van der Waals surface area contributed by atoms with E-state index in [1.165, 1.54) is 18.3 Å². The highest BCUT2D eigenvalue weighted by molar-refractivity contribution is 5.82. The summed E-state index contributed by atoms with van der Waals surface area (Å²) in [5.41, 5.74) is 2.03. The molecule has 1 heterocycles. The van der Waals surface area contributed by atoms with Crippen LogP contribution in [0.25, 0.3) is 10.9 Å². The van der Waals surface area contributed by atoms with Gasteiger partial charge < -0.3 is 10.8 Å². The summed E-state index contributed by atoms with van der Waals surface area (Å²) in [5.74, 6) is 0. The summed E-state index contributed by atoms with van der Waals surface area (Å²) in [6.07, 6.45) is -3.50. The lowest BCUT2D eigenvalue weighted by Crippen LogP contribution is -2.54. The molecule has 102 valence electrons. The molecule has 0 saturated carbocycles. The molecule has 0 bridgehead atoms. The number of rotatable bonds is 2. The molecule has 0 saturated heterocycles. The quantitative estimate of drug-likeness (QED) is 0.880. The molecule has 0 aliphatic heterocycles. The minimum absolute atomic E-state index is 0.0992. The molecule has 2 aromatic rings. The molecule has 0 aliphatic rings. The Morgan fingerprint density at radius 1 is 1.21 bits per heavy atom. The normalized spacial score (nSPS) is 17.2. The van der Waals surface area contributed by atoms with E-state index in [2.05, 4.69) is 4.98 Å². The molecule has 1 aromatic carbocycles. The predicted octanol–water partition coefficient (Wildman–Crippen LogP) is 2.33. The summed E-state index contributed by atoms with van der Waals surface area (Å²) >= 11 is 0. The van der Waals surface area contributed by atoms with E-state index in [1.54, 1.807) is 18.2 Å². The third kappa shape index (κ3) is 2.06. The average Bonchev–Trinajstić information content (AvgIpc) is 2.35. The minimum atomic E-state index is -4.88. The first kappa shape index (κ1) is 13.8. The largest absolute Gasteiger partial charge is 0.423 e. The smallest absolute Gasteiger partial charge is 0.375 e. The second-order valence-electron chi connectivity index (χ2n) is 4.43. The highest BCUT2D eigenvalue weighted by Gasteiger charge is 2.58. The van der Waals surface area contributed by atoms with Crippen LogP contribution in [0.1, 0.15) is 12.5 Å². The number of alkyl halides is 3. The summed E-state index contributed by atoms with van der Waals surface area (Å²) in [6.45, 7) is 1.12. The van der Waals surface area contributed by atoms with Crippen molar-refractivity contribution in [2.24, 2.45) is 5.73 Å². The van der Waals surface area contributed by atoms with Gasteiger partial charge in [0.1, 0.15) is 0 Å². The number of aliphatic hydroxyl groups is 1. The van der Waals surface area contributed by atoms with E-state index in [4.69, 9.17) is 5.73 Å². The Bertz CT molecular complexity index is 592. The van der Waals surface area contributed by atoms with Gasteiger partial charge >= 0.3 is 6.18 Å². The Morgan fingerprint density at radius 3 is 2.42 bits per heavy atom. The lowest BCUT2D eigenvalue weighted by atomic mass is 9.85. The molecule has 2 rings (SSSR count). The molecule has 2 unspecified atom stereocenters. The van der Waals surface area contributed by atoms with Crippen molar-refractivity contribution in [1.82, 2.24) is 4.98 Å². The fraction of sp³-hybridized carbons (Fsp3) is 0.308. The Labute approximate surface area is 107 Å². The summed E-state index contributed by atoms with van der Waals surface area (Å²) in [4.78, 5) is 3.93. The van der Waals surface area contributed by atoms with Crippen molar-refractivity contribution in [3.63, 3.8) is 0 Å². The van der Waals surface area contributed by atoms with Crippen LogP contribution in [-0.4, -0.2) is 22.3 Å². The number of para-hydroxylation sites is 1. The average molecular weight is 270 g/mol. The van der Waals surface area contributed by atoms with E-state index in [0.29, 0.717) is 5.39 Å². The molecule has 0 spiro atoms. The van der Waals surface area contributed by atoms with Gasteiger partial charge in [0.15, 0.2) is 0 Å². The van der Waals surface area contributed by atoms with Gasteiger partial charge in [-0.15, -0.1) is 0 Å². The Morgan fingerprint density at radius 2 is 1.84 bits per heavy atom. The Hall–Kier alpha value is -1.66. The van der Waals surface area contributed by atoms with Crippen LogP contribution in [0.2, 0.25) is 0 Å². The van der Waals surface area contributed by atoms with Gasteiger partial charge in [0.05, 0.1) is 5.52 Å². The second kappa shape index (κ2) is 4.47. The van der Waals surface area contributed by atoms with Crippen molar-refractivity contribution >= 4 is 10.9 Å². The van der Waals surface area contributed by atoms with Crippen LogP contribution in [0.5, 0.6) is 0 Å². The van der Waals surface area contributed by atoms with Gasteiger partial charge in [-0.05, 0) is 13.0 Å². The van der Waals surface area contributed by atoms with Crippen molar-refractivity contribution in [2.45, 2.75) is 24.7 Å². The van der Waals surface area contributed by atoms with Crippen molar-refractivity contribution in [3.8, 4) is 0 Å². The maximum absolute atomic E-state index is 13.2. The number of halogens is 3. The maximum atomic E-state index is 13.2. The van der Waals surface area contributed by atoms with E-state index in [1.807, 2.05) is 0 Å². The lowest BCUT2D eigenvalue weighted by molar-refractivity contribution is -0.272. The zero-order valence-corrected chi connectivity index (χ0v) is 10.1. The van der Waals surface area contributed by atoms with Gasteiger partial charge in [-0.25, -0.2) is 0 Å². The fourth-order valence-electron chi connectivity index (χ4n) is 2.07. The maximum Gasteiger partial charge on any atom is 0.423 e. The number of benzene rings is 1. The van der Waals surface area contributed by atoms with Gasteiger partial charge in [-0.1, -0.05) is 24.3 Å². The highest BCUT2D eigenvalue weighted by atomic mass is 19.4. The van der Waals surface area contributed by atoms with Crippen LogP contribution >= 0.6 is 0 Å². The summed E-state index contributed by atoms with van der Waals surface area (Å²) in [6, 6.07) is 6.00. The van der Waals surface area contributed by atoms with E-state index in [-0.39, 0.29) is 11.1 Å². The first-order valence-corrected chi connectivity index (χ1v) is 5.67. The highest BCUT2D eigenvalue weighted by Crippen LogP contribution is 2.42. The van der Waals surface area contributed by atoms with Crippen LogP contribution in [0.3, 0.4) is 0 Å². The predicted molar refractivity (Wildman–Crippen MR) is 65.3 cm³/mol. The monoisotopic (exact) mass is 270 g/mol. The fourth-order valence-corrected chi connectivity index (χ4v) is 2.07. The third-order valence-corrected chi connectivity index (χ3v) is 3.13. The molecule has 0 aliphatic carbocycles. The number of fused-ring (bicyclic) bond motifs is 1. The van der Waals surface area contributed by atoms with Crippen LogP contribution < -0.4 is 5.73 Å². The Kier molecular flexibility index (Phi) is 3.24. The standard InChI is InChI=1S/C13H13F3N2O/c1-8(17)12(19,13(14,15)16)10-6-2-4-9-5-3-7-18-11(9)10/h2-8,19H,17H2,1H3. The van der Waals surface area contributed by atoms with Gasteiger partial charge in [-0.3, -0.25) is 4.98 Å². The first-order chi connectivity index (χ1) is 8.78. The van der Waals surface area contributed by atoms with Crippen LogP contribution in [0.15, 0.2) is 36.5 Å². The second-order valence-corrected chi connectivity index (χ2v) is 4.43. The summed E-state index contributed by atoms with van der Waals surface area (Å²) < 4.78 is 39.6. The topological polar surface area (TPSA) is 59.1 Å². The van der Waals surface area contributed by atoms with E-state index in [0.717, 1.165) is 6.92 Å². The number of hydrogen-bond acceptors (Lipinski definition) is 3. The molecule has 19 heavy (non-hydrogen) atoms. The van der Waals surface area contributed by atoms with E-state index < -0.39 is 17.8 Å². The molecule has 6 heteroatoms. The van der Waals surface area contributed by atoms with Crippen LogP contribution in [0.4, 0.5) is 13.2 Å². The first-order valence-electron chi connectivity index (χ1n) is 5.67. The molecule has 3 nitrogen and oxygen atoms in total. The SMILES string of the molecule is CC(N)C(O)(c1cccc2cccnc12)C(F)(F)F. The van der Waals surface area contributed by atoms with Crippen molar-refractivity contribution in [1.29, 1.82) is 0 Å². The molecule has 0 amide bonds. The van der Waals surface area contributed by atoms with Gasteiger partial charge in [0, 0.05) is 23.2 Å². The molecule has 1 aromatic heterocycles.